The number of carbonyl (C=O) groups is 1. The second kappa shape index (κ2) is 7.09. The molecule has 1 unspecified atom stereocenters. The molecular formula is C10H20N2O2S. The lowest BCUT2D eigenvalue weighted by Crippen LogP contribution is -2.52. The van der Waals surface area contributed by atoms with Gasteiger partial charge in [0.05, 0.1) is 6.17 Å². The van der Waals surface area contributed by atoms with Gasteiger partial charge in [0.15, 0.2) is 0 Å². The molecule has 3 N–H and O–H groups in total. The van der Waals surface area contributed by atoms with Crippen LogP contribution in [0.3, 0.4) is 0 Å². The molecular weight excluding hydrogens is 212 g/mol. The van der Waals surface area contributed by atoms with Crippen molar-refractivity contribution in [2.75, 3.05) is 18.6 Å². The van der Waals surface area contributed by atoms with Crippen molar-refractivity contribution in [2.24, 2.45) is 0 Å². The van der Waals surface area contributed by atoms with Gasteiger partial charge in [-0.3, -0.25) is 10.1 Å². The zero-order valence-electron chi connectivity index (χ0n) is 9.16. The van der Waals surface area contributed by atoms with E-state index in [2.05, 4.69) is 10.6 Å². The highest BCUT2D eigenvalue weighted by molar-refractivity contribution is 7.98. The van der Waals surface area contributed by atoms with Gasteiger partial charge in [-0.1, -0.05) is 0 Å². The maximum atomic E-state index is 11.0. The molecule has 1 rings (SSSR count). The van der Waals surface area contributed by atoms with Crippen molar-refractivity contribution in [2.45, 2.75) is 37.9 Å². The van der Waals surface area contributed by atoms with E-state index in [0.717, 1.165) is 18.7 Å². The lowest BCUT2D eigenvalue weighted by Gasteiger charge is -2.27. The Bertz CT molecular complexity index is 196. The van der Waals surface area contributed by atoms with Crippen molar-refractivity contribution in [1.82, 2.24) is 10.6 Å². The summed E-state index contributed by atoms with van der Waals surface area (Å²) in [6.07, 6.45) is 6.28. The molecule has 1 aliphatic rings. The number of aliphatic carboxylic acids is 1. The molecule has 0 spiro atoms. The predicted molar refractivity (Wildman–Crippen MR) is 63.2 cm³/mol. The first-order valence-corrected chi connectivity index (χ1v) is 6.84. The fraction of sp³-hybridized carbons (Fsp3) is 0.900. The number of hydrogen-bond donors (Lipinski definition) is 3. The summed E-state index contributed by atoms with van der Waals surface area (Å²) in [7, 11) is 0. The zero-order chi connectivity index (χ0) is 11.1. The van der Waals surface area contributed by atoms with E-state index >= 15 is 0 Å². The van der Waals surface area contributed by atoms with E-state index in [4.69, 9.17) is 5.11 Å². The van der Waals surface area contributed by atoms with Crippen molar-refractivity contribution >= 4 is 17.7 Å². The van der Waals surface area contributed by atoms with Crippen LogP contribution in [0.4, 0.5) is 0 Å². The standard InChI is InChI=1S/C10H20N2O2S/c1-15-7-5-8(10(13)14)12-9-4-2-3-6-11-9/h8-9,11-12H,2-7H2,1H3,(H,13,14)/t8-,9?/m0/s1. The minimum Gasteiger partial charge on any atom is -0.480 e. The Kier molecular flexibility index (Phi) is 6.05. The van der Waals surface area contributed by atoms with Crippen LogP contribution in [0.25, 0.3) is 0 Å². The van der Waals surface area contributed by atoms with E-state index in [0.29, 0.717) is 6.42 Å². The monoisotopic (exact) mass is 232 g/mol. The topological polar surface area (TPSA) is 61.4 Å². The molecule has 1 aliphatic heterocycles. The van der Waals surface area contributed by atoms with Gasteiger partial charge in [0.1, 0.15) is 6.04 Å². The Morgan fingerprint density at radius 3 is 3.00 bits per heavy atom. The normalized spacial score (nSPS) is 23.7. The molecule has 5 heteroatoms. The number of nitrogens with one attached hydrogen (secondary N) is 2. The average Bonchev–Trinajstić information content (AvgIpc) is 2.25. The zero-order valence-corrected chi connectivity index (χ0v) is 9.98. The third-order valence-corrected chi connectivity index (χ3v) is 3.27. The Labute approximate surface area is 95.2 Å². The number of piperidine rings is 1. The van der Waals surface area contributed by atoms with Gasteiger partial charge in [0.2, 0.25) is 0 Å². The molecule has 0 aromatic rings. The molecule has 1 fully saturated rings. The maximum absolute atomic E-state index is 11.0. The molecule has 0 radical (unpaired) electrons. The van der Waals surface area contributed by atoms with Gasteiger partial charge in [-0.15, -0.1) is 0 Å². The summed E-state index contributed by atoms with van der Waals surface area (Å²) < 4.78 is 0. The van der Waals surface area contributed by atoms with Gasteiger partial charge in [0, 0.05) is 0 Å². The van der Waals surface area contributed by atoms with Crippen LogP contribution in [-0.4, -0.2) is 41.8 Å². The van der Waals surface area contributed by atoms with Crippen LogP contribution in [0.1, 0.15) is 25.7 Å². The number of hydrogen-bond acceptors (Lipinski definition) is 4. The Morgan fingerprint density at radius 1 is 1.67 bits per heavy atom. The minimum absolute atomic E-state index is 0.182. The summed E-state index contributed by atoms with van der Waals surface area (Å²) in [5, 5.41) is 15.5. The molecule has 4 nitrogen and oxygen atoms in total. The SMILES string of the molecule is CSCC[C@H](NC1CCCCN1)C(=O)O. The van der Waals surface area contributed by atoms with Crippen LogP contribution in [0, 0.1) is 0 Å². The summed E-state index contributed by atoms with van der Waals surface area (Å²) in [4.78, 5) is 11.0. The highest BCUT2D eigenvalue weighted by Gasteiger charge is 2.21. The second-order valence-electron chi connectivity index (χ2n) is 3.84. The summed E-state index contributed by atoms with van der Waals surface area (Å²) in [5.74, 6) is 0.146. The molecule has 88 valence electrons. The Hall–Kier alpha value is -0.260. The van der Waals surface area contributed by atoms with Gasteiger partial charge in [-0.2, -0.15) is 11.8 Å². The molecule has 15 heavy (non-hydrogen) atoms. The van der Waals surface area contributed by atoms with E-state index in [-0.39, 0.29) is 6.17 Å². The second-order valence-corrected chi connectivity index (χ2v) is 4.83. The van der Waals surface area contributed by atoms with Crippen molar-refractivity contribution in [3.05, 3.63) is 0 Å². The van der Waals surface area contributed by atoms with Crippen molar-refractivity contribution < 1.29 is 9.90 Å². The fourth-order valence-electron chi connectivity index (χ4n) is 1.75. The molecule has 0 saturated carbocycles. The van der Waals surface area contributed by atoms with Gasteiger partial charge >= 0.3 is 5.97 Å². The lowest BCUT2D eigenvalue weighted by molar-refractivity contribution is -0.139. The molecule has 0 aromatic heterocycles. The van der Waals surface area contributed by atoms with Crippen molar-refractivity contribution in [3.63, 3.8) is 0 Å². The summed E-state index contributed by atoms with van der Waals surface area (Å²) >= 11 is 1.69. The molecule has 0 bridgehead atoms. The molecule has 1 saturated heterocycles. The van der Waals surface area contributed by atoms with Crippen LogP contribution < -0.4 is 10.6 Å². The number of carboxylic acid groups (broad SMARTS) is 1. The quantitative estimate of drug-likeness (QED) is 0.634. The third-order valence-electron chi connectivity index (χ3n) is 2.62. The van der Waals surface area contributed by atoms with Gasteiger partial charge in [-0.25, -0.2) is 0 Å². The number of thioether (sulfide) groups is 1. The fourth-order valence-corrected chi connectivity index (χ4v) is 2.22. The van der Waals surface area contributed by atoms with Gasteiger partial charge in [-0.05, 0) is 44.2 Å². The van der Waals surface area contributed by atoms with E-state index in [1.54, 1.807) is 11.8 Å². The largest absolute Gasteiger partial charge is 0.480 e. The van der Waals surface area contributed by atoms with Crippen LogP contribution in [-0.2, 0) is 4.79 Å². The maximum Gasteiger partial charge on any atom is 0.320 e. The molecule has 2 atom stereocenters. The molecule has 0 aromatic carbocycles. The average molecular weight is 232 g/mol. The first-order chi connectivity index (χ1) is 7.24. The molecule has 0 amide bonds. The Balaban J connectivity index is 2.31. The third kappa shape index (κ3) is 4.86. The number of carboxylic acids is 1. The first kappa shape index (κ1) is 12.8. The lowest BCUT2D eigenvalue weighted by atomic mass is 10.1. The molecule has 1 heterocycles. The van der Waals surface area contributed by atoms with Gasteiger partial charge in [0.25, 0.3) is 0 Å². The highest BCUT2D eigenvalue weighted by atomic mass is 32.2. The van der Waals surface area contributed by atoms with E-state index in [1.165, 1.54) is 12.8 Å². The van der Waals surface area contributed by atoms with E-state index in [1.807, 2.05) is 6.26 Å². The van der Waals surface area contributed by atoms with Crippen LogP contribution in [0.2, 0.25) is 0 Å². The van der Waals surface area contributed by atoms with Crippen molar-refractivity contribution in [3.8, 4) is 0 Å². The van der Waals surface area contributed by atoms with Crippen LogP contribution >= 0.6 is 11.8 Å². The molecule has 0 aliphatic carbocycles. The number of rotatable bonds is 6. The van der Waals surface area contributed by atoms with E-state index < -0.39 is 12.0 Å². The summed E-state index contributed by atoms with van der Waals surface area (Å²) in [6.45, 7) is 0.993. The van der Waals surface area contributed by atoms with Gasteiger partial charge < -0.3 is 10.4 Å². The summed E-state index contributed by atoms with van der Waals surface area (Å²) in [6, 6.07) is -0.409. The minimum atomic E-state index is -0.739. The summed E-state index contributed by atoms with van der Waals surface area (Å²) in [5.41, 5.74) is 0. The van der Waals surface area contributed by atoms with Crippen LogP contribution in [0.5, 0.6) is 0 Å². The Morgan fingerprint density at radius 2 is 2.47 bits per heavy atom. The van der Waals surface area contributed by atoms with Crippen molar-refractivity contribution in [1.29, 1.82) is 0 Å². The smallest absolute Gasteiger partial charge is 0.320 e. The highest BCUT2D eigenvalue weighted by Crippen LogP contribution is 2.07. The predicted octanol–water partition coefficient (Wildman–Crippen LogP) is 0.882. The van der Waals surface area contributed by atoms with E-state index in [9.17, 15) is 4.79 Å². The van der Waals surface area contributed by atoms with Crippen LogP contribution in [0.15, 0.2) is 0 Å². The first-order valence-electron chi connectivity index (χ1n) is 5.45.